The van der Waals surface area contributed by atoms with Crippen molar-refractivity contribution in [2.24, 2.45) is 0 Å². The number of piperidine rings is 1. The predicted molar refractivity (Wildman–Crippen MR) is 97.8 cm³/mol. The van der Waals surface area contributed by atoms with Crippen molar-refractivity contribution in [2.45, 2.75) is 64.1 Å². The minimum Gasteiger partial charge on any atom is -0.464 e. The number of amides is 1. The van der Waals surface area contributed by atoms with E-state index < -0.39 is 0 Å². The van der Waals surface area contributed by atoms with Crippen molar-refractivity contribution in [1.29, 1.82) is 0 Å². The summed E-state index contributed by atoms with van der Waals surface area (Å²) in [5, 5.41) is 7.90. The topological polar surface area (TPSA) is 54.3 Å². The van der Waals surface area contributed by atoms with Crippen molar-refractivity contribution in [3.63, 3.8) is 0 Å². The molecule has 3 heterocycles. The molecule has 0 spiro atoms. The van der Waals surface area contributed by atoms with Gasteiger partial charge in [0, 0.05) is 29.1 Å². The SMILES string of the molecule is Cc1cc2occ(CC(=O)NC3CC4CCC(C3)N4)c2cc1C.Cl. The number of carbonyl (C=O) groups excluding carboxylic acids is 1. The molecular formula is C19H25ClN2O2. The fourth-order valence-electron chi connectivity index (χ4n) is 4.10. The maximum atomic E-state index is 12.4. The van der Waals surface area contributed by atoms with Gasteiger partial charge < -0.3 is 15.1 Å². The Labute approximate surface area is 148 Å². The third kappa shape index (κ3) is 3.31. The third-order valence-corrected chi connectivity index (χ3v) is 5.46. The zero-order chi connectivity index (χ0) is 16.0. The van der Waals surface area contributed by atoms with E-state index in [2.05, 4.69) is 36.6 Å². The lowest BCUT2D eigenvalue weighted by atomic mass is 9.99. The molecule has 2 aromatic rings. The smallest absolute Gasteiger partial charge is 0.224 e. The van der Waals surface area contributed by atoms with Crippen LogP contribution in [0.25, 0.3) is 11.0 Å². The van der Waals surface area contributed by atoms with Gasteiger partial charge in [-0.25, -0.2) is 0 Å². The maximum Gasteiger partial charge on any atom is 0.224 e. The second-order valence-electron chi connectivity index (χ2n) is 7.24. The minimum absolute atomic E-state index is 0. The summed E-state index contributed by atoms with van der Waals surface area (Å²) < 4.78 is 5.63. The molecule has 24 heavy (non-hydrogen) atoms. The number of rotatable bonds is 3. The summed E-state index contributed by atoms with van der Waals surface area (Å²) in [5.41, 5.74) is 4.30. The molecule has 2 fully saturated rings. The average Bonchev–Trinajstić information content (AvgIpc) is 3.03. The number of benzene rings is 1. The number of hydrogen-bond donors (Lipinski definition) is 2. The first kappa shape index (κ1) is 17.3. The van der Waals surface area contributed by atoms with Crippen LogP contribution in [0.2, 0.25) is 0 Å². The number of halogens is 1. The molecule has 1 amide bonds. The van der Waals surface area contributed by atoms with Crippen LogP contribution in [0, 0.1) is 13.8 Å². The molecule has 2 N–H and O–H groups in total. The summed E-state index contributed by atoms with van der Waals surface area (Å²) in [5.74, 6) is 0.109. The van der Waals surface area contributed by atoms with E-state index >= 15 is 0 Å². The standard InChI is InChI=1S/C19H24N2O2.ClH/c1-11-5-17-13(10-23-18(17)6-12(11)2)7-19(22)21-16-8-14-3-4-15(9-16)20-14;/h5-6,10,14-16,20H,3-4,7-9H2,1-2H3,(H,21,22);1H. The third-order valence-electron chi connectivity index (χ3n) is 5.46. The van der Waals surface area contributed by atoms with E-state index in [1.165, 1.54) is 24.0 Å². The predicted octanol–water partition coefficient (Wildman–Crippen LogP) is 3.41. The molecule has 2 unspecified atom stereocenters. The largest absolute Gasteiger partial charge is 0.464 e. The van der Waals surface area contributed by atoms with Gasteiger partial charge in [0.2, 0.25) is 5.91 Å². The molecule has 0 aliphatic carbocycles. The van der Waals surface area contributed by atoms with Gasteiger partial charge in [-0.2, -0.15) is 0 Å². The Hall–Kier alpha value is -1.52. The van der Waals surface area contributed by atoms with Crippen LogP contribution in [0.5, 0.6) is 0 Å². The Morgan fingerprint density at radius 1 is 1.21 bits per heavy atom. The highest BCUT2D eigenvalue weighted by Crippen LogP contribution is 2.28. The van der Waals surface area contributed by atoms with E-state index in [9.17, 15) is 4.79 Å². The summed E-state index contributed by atoms with van der Waals surface area (Å²) >= 11 is 0. The second-order valence-corrected chi connectivity index (χ2v) is 7.24. The first-order valence-corrected chi connectivity index (χ1v) is 8.61. The van der Waals surface area contributed by atoms with Crippen LogP contribution in [-0.2, 0) is 11.2 Å². The van der Waals surface area contributed by atoms with E-state index in [0.29, 0.717) is 24.5 Å². The summed E-state index contributed by atoms with van der Waals surface area (Å²) in [4.78, 5) is 12.4. The van der Waals surface area contributed by atoms with Crippen LogP contribution in [0.4, 0.5) is 0 Å². The van der Waals surface area contributed by atoms with E-state index in [4.69, 9.17) is 4.42 Å². The summed E-state index contributed by atoms with van der Waals surface area (Å²) in [6.45, 7) is 4.17. The summed E-state index contributed by atoms with van der Waals surface area (Å²) in [6, 6.07) is 5.69. The lowest BCUT2D eigenvalue weighted by molar-refractivity contribution is -0.121. The number of nitrogens with one attached hydrogen (secondary N) is 2. The number of hydrogen-bond acceptors (Lipinski definition) is 3. The Kier molecular flexibility index (Phi) is 4.88. The maximum absolute atomic E-state index is 12.4. The first-order chi connectivity index (χ1) is 11.1. The Morgan fingerprint density at radius 2 is 1.88 bits per heavy atom. The molecular weight excluding hydrogens is 324 g/mol. The molecule has 1 aromatic heterocycles. The molecule has 4 rings (SSSR count). The van der Waals surface area contributed by atoms with Crippen molar-refractivity contribution < 1.29 is 9.21 Å². The van der Waals surface area contributed by atoms with Crippen molar-refractivity contribution >= 4 is 29.3 Å². The van der Waals surface area contributed by atoms with E-state index in [-0.39, 0.29) is 18.3 Å². The van der Waals surface area contributed by atoms with Crippen LogP contribution < -0.4 is 10.6 Å². The van der Waals surface area contributed by atoms with Crippen molar-refractivity contribution in [1.82, 2.24) is 10.6 Å². The lowest BCUT2D eigenvalue weighted by Gasteiger charge is -2.29. The van der Waals surface area contributed by atoms with Crippen LogP contribution >= 0.6 is 12.4 Å². The van der Waals surface area contributed by atoms with Gasteiger partial charge in [0.1, 0.15) is 5.58 Å². The fourth-order valence-corrected chi connectivity index (χ4v) is 4.10. The molecule has 2 aliphatic heterocycles. The molecule has 2 atom stereocenters. The van der Waals surface area contributed by atoms with Gasteiger partial charge in [-0.3, -0.25) is 4.79 Å². The molecule has 0 radical (unpaired) electrons. The van der Waals surface area contributed by atoms with Gasteiger partial charge in [-0.15, -0.1) is 12.4 Å². The highest BCUT2D eigenvalue weighted by atomic mass is 35.5. The van der Waals surface area contributed by atoms with Crippen molar-refractivity contribution in [3.8, 4) is 0 Å². The van der Waals surface area contributed by atoms with E-state index in [1.54, 1.807) is 6.26 Å². The van der Waals surface area contributed by atoms with Crippen LogP contribution in [-0.4, -0.2) is 24.0 Å². The molecule has 4 nitrogen and oxygen atoms in total. The summed E-state index contributed by atoms with van der Waals surface area (Å²) in [7, 11) is 0. The normalized spacial score (nSPS) is 25.5. The molecule has 2 bridgehead atoms. The van der Waals surface area contributed by atoms with Crippen molar-refractivity contribution in [2.75, 3.05) is 0 Å². The molecule has 2 saturated heterocycles. The molecule has 130 valence electrons. The van der Waals surface area contributed by atoms with Gasteiger partial charge in [0.15, 0.2) is 0 Å². The highest BCUT2D eigenvalue weighted by molar-refractivity contribution is 5.88. The fraction of sp³-hybridized carbons (Fsp3) is 0.526. The number of aryl methyl sites for hydroxylation is 2. The van der Waals surface area contributed by atoms with Gasteiger partial charge in [-0.1, -0.05) is 0 Å². The van der Waals surface area contributed by atoms with Crippen LogP contribution in [0.1, 0.15) is 42.4 Å². The molecule has 1 aromatic carbocycles. The van der Waals surface area contributed by atoms with E-state index in [1.807, 2.05) is 0 Å². The monoisotopic (exact) mass is 348 g/mol. The average molecular weight is 349 g/mol. The van der Waals surface area contributed by atoms with Crippen LogP contribution in [0.3, 0.4) is 0 Å². The highest BCUT2D eigenvalue weighted by Gasteiger charge is 2.33. The summed E-state index contributed by atoms with van der Waals surface area (Å²) in [6.07, 6.45) is 6.76. The van der Waals surface area contributed by atoms with Crippen molar-refractivity contribution in [3.05, 3.63) is 35.1 Å². The Morgan fingerprint density at radius 3 is 2.58 bits per heavy atom. The van der Waals surface area contributed by atoms with E-state index in [0.717, 1.165) is 29.4 Å². The molecule has 5 heteroatoms. The second kappa shape index (κ2) is 6.77. The molecule has 2 aliphatic rings. The van der Waals surface area contributed by atoms with Gasteiger partial charge in [-0.05, 0) is 62.8 Å². The zero-order valence-electron chi connectivity index (χ0n) is 14.2. The van der Waals surface area contributed by atoms with Gasteiger partial charge in [0.05, 0.1) is 12.7 Å². The zero-order valence-corrected chi connectivity index (χ0v) is 15.0. The van der Waals surface area contributed by atoms with Crippen LogP contribution in [0.15, 0.2) is 22.8 Å². The minimum atomic E-state index is 0. The quantitative estimate of drug-likeness (QED) is 0.893. The Bertz CT molecular complexity index is 743. The van der Waals surface area contributed by atoms with Gasteiger partial charge in [0.25, 0.3) is 0 Å². The lowest BCUT2D eigenvalue weighted by Crippen LogP contribution is -2.48. The first-order valence-electron chi connectivity index (χ1n) is 8.61. The molecule has 0 saturated carbocycles. The number of furan rings is 1. The number of fused-ring (bicyclic) bond motifs is 3. The Balaban J connectivity index is 0.00000169. The van der Waals surface area contributed by atoms with Gasteiger partial charge >= 0.3 is 0 Å². The number of carbonyl (C=O) groups is 1.